The summed E-state index contributed by atoms with van der Waals surface area (Å²) in [7, 11) is 0.0655. The van der Waals surface area contributed by atoms with E-state index in [4.69, 9.17) is 25.8 Å². The van der Waals surface area contributed by atoms with Crippen molar-refractivity contribution < 1.29 is 24.5 Å². The maximum Gasteiger partial charge on any atom is 0.373 e. The number of hydrogen-bond acceptors (Lipinski definition) is 10. The Morgan fingerprint density at radius 3 is 2.67 bits per heavy atom. The van der Waals surface area contributed by atoms with E-state index < -0.39 is 24.5 Å². The van der Waals surface area contributed by atoms with Gasteiger partial charge < -0.3 is 26.4 Å². The Bertz CT molecular complexity index is 783. The van der Waals surface area contributed by atoms with Crippen molar-refractivity contribution in [2.75, 3.05) is 30.0 Å². The van der Waals surface area contributed by atoms with Crippen LogP contribution < -0.4 is 11.5 Å². The molecule has 0 amide bonds. The molecule has 148 valence electrons. The van der Waals surface area contributed by atoms with Crippen molar-refractivity contribution >= 4 is 34.0 Å². The largest absolute Gasteiger partial charge is 0.387 e. The lowest BCUT2D eigenvalue weighted by Crippen LogP contribution is -2.35. The molecule has 0 aromatic carbocycles. The third kappa shape index (κ3) is 4.80. The van der Waals surface area contributed by atoms with E-state index in [0.29, 0.717) is 23.5 Å². The Kier molecular flexibility index (Phi) is 7.66. The van der Waals surface area contributed by atoms with Crippen LogP contribution >= 0.6 is 0 Å². The van der Waals surface area contributed by atoms with Crippen LogP contribution in [-0.4, -0.2) is 78.5 Å². The molecule has 0 saturated carbocycles. The summed E-state index contributed by atoms with van der Waals surface area (Å²) in [6.07, 6.45) is 2.93. The molecule has 0 spiro atoms. The van der Waals surface area contributed by atoms with Gasteiger partial charge in [-0.25, -0.2) is 15.0 Å². The van der Waals surface area contributed by atoms with Crippen LogP contribution in [-0.2, 0) is 25.2 Å². The summed E-state index contributed by atoms with van der Waals surface area (Å²) >= 11 is 0. The molecule has 1 aliphatic heterocycles. The zero-order chi connectivity index (χ0) is 20.0. The monoisotopic (exact) mass is 399 g/mol. The van der Waals surface area contributed by atoms with Gasteiger partial charge in [-0.05, 0) is 17.4 Å². The molecule has 0 aliphatic carbocycles. The molecule has 3 heterocycles. The van der Waals surface area contributed by atoms with Crippen LogP contribution in [0.2, 0.25) is 0 Å². The lowest BCUT2D eigenvalue weighted by Gasteiger charge is -2.16. The van der Waals surface area contributed by atoms with Crippen molar-refractivity contribution in [3.63, 3.8) is 0 Å². The van der Waals surface area contributed by atoms with Crippen molar-refractivity contribution in [1.82, 2.24) is 19.5 Å². The summed E-state index contributed by atoms with van der Waals surface area (Å²) in [4.78, 5) is 28.5. The minimum Gasteiger partial charge on any atom is -0.387 e. The lowest BCUT2D eigenvalue weighted by atomic mass is 10.1. The average Bonchev–Trinajstić information content (AvgIpc) is 3.18. The van der Waals surface area contributed by atoms with E-state index >= 15 is 0 Å². The molecule has 2 aromatic heterocycles. The predicted molar refractivity (Wildman–Crippen MR) is 97.4 cm³/mol. The number of anilines is 1. The SMILES string of the molecule is C[S+](CCCN)CC1OC(n2cnc3c(N)ncnc32)C(O)C1O.O=C=O. The average molecular weight is 399 g/mol. The molecule has 5 atom stereocenters. The van der Waals surface area contributed by atoms with E-state index in [2.05, 4.69) is 21.2 Å². The van der Waals surface area contributed by atoms with Crippen LogP contribution in [0.4, 0.5) is 5.82 Å². The van der Waals surface area contributed by atoms with E-state index in [-0.39, 0.29) is 22.9 Å². The number of nitrogens with zero attached hydrogens (tertiary/aromatic N) is 4. The number of nitrogens with two attached hydrogens (primary N) is 2. The molecule has 11 nitrogen and oxygen atoms in total. The quantitative estimate of drug-likeness (QED) is 0.398. The lowest BCUT2D eigenvalue weighted by molar-refractivity contribution is -0.191. The summed E-state index contributed by atoms with van der Waals surface area (Å²) in [5.74, 6) is 1.93. The second-order valence-corrected chi connectivity index (χ2v) is 8.31. The van der Waals surface area contributed by atoms with Crippen LogP contribution in [0.25, 0.3) is 11.2 Å². The zero-order valence-corrected chi connectivity index (χ0v) is 15.6. The second kappa shape index (κ2) is 9.74. The molecular weight excluding hydrogens is 376 g/mol. The fraction of sp³-hybridized carbons (Fsp3) is 0.600. The number of aliphatic hydroxyl groups is 2. The van der Waals surface area contributed by atoms with Gasteiger partial charge in [0.2, 0.25) is 0 Å². The number of imidazole rings is 1. The number of rotatable bonds is 6. The molecular formula is C15H23N6O5S+. The van der Waals surface area contributed by atoms with Crippen molar-refractivity contribution in [3.8, 4) is 0 Å². The smallest absolute Gasteiger partial charge is 0.373 e. The molecule has 1 aliphatic rings. The Labute approximate surface area is 158 Å². The van der Waals surface area contributed by atoms with Crippen molar-refractivity contribution in [2.45, 2.75) is 31.0 Å². The maximum atomic E-state index is 10.4. The van der Waals surface area contributed by atoms with Crippen LogP contribution in [0.1, 0.15) is 12.6 Å². The first-order chi connectivity index (χ1) is 12.9. The summed E-state index contributed by atoms with van der Waals surface area (Å²) in [5, 5.41) is 20.7. The summed E-state index contributed by atoms with van der Waals surface area (Å²) in [6, 6.07) is 0. The third-order valence-electron chi connectivity index (χ3n) is 4.14. The van der Waals surface area contributed by atoms with E-state index in [1.165, 1.54) is 12.7 Å². The Morgan fingerprint density at radius 2 is 2.00 bits per heavy atom. The summed E-state index contributed by atoms with van der Waals surface area (Å²) in [6.45, 7) is 0.652. The Balaban J connectivity index is 0.000000817. The highest BCUT2D eigenvalue weighted by molar-refractivity contribution is 7.96. The molecule has 1 saturated heterocycles. The van der Waals surface area contributed by atoms with E-state index in [0.717, 1.165) is 12.2 Å². The first-order valence-electron chi connectivity index (χ1n) is 8.17. The Hall–Kier alpha value is -2.08. The normalized spacial score (nSPS) is 25.6. The predicted octanol–water partition coefficient (Wildman–Crippen LogP) is -1.96. The first-order valence-corrected chi connectivity index (χ1v) is 10.1. The number of hydrogen-bond donors (Lipinski definition) is 4. The van der Waals surface area contributed by atoms with Gasteiger partial charge >= 0.3 is 6.15 Å². The van der Waals surface area contributed by atoms with E-state index in [1.807, 2.05) is 0 Å². The Morgan fingerprint density at radius 1 is 1.30 bits per heavy atom. The van der Waals surface area contributed by atoms with E-state index in [9.17, 15) is 10.2 Å². The summed E-state index contributed by atoms with van der Waals surface area (Å²) in [5.41, 5.74) is 12.2. The molecule has 0 bridgehead atoms. The minimum atomic E-state index is -1.06. The van der Waals surface area contributed by atoms with Gasteiger partial charge in [0.05, 0.1) is 12.6 Å². The molecule has 3 rings (SSSR count). The van der Waals surface area contributed by atoms with Gasteiger partial charge in [-0.3, -0.25) is 4.57 Å². The van der Waals surface area contributed by atoms with Gasteiger partial charge in [0.15, 0.2) is 17.7 Å². The van der Waals surface area contributed by atoms with Gasteiger partial charge in [0.1, 0.15) is 41.7 Å². The van der Waals surface area contributed by atoms with Gasteiger partial charge in [-0.15, -0.1) is 0 Å². The highest BCUT2D eigenvalue weighted by atomic mass is 32.2. The number of fused-ring (bicyclic) bond motifs is 1. The standard InChI is InChI=1S/C14H23N6O3S.CO2/c1-24(4-2-3-15)5-8-10(21)11(22)14(23-8)20-7-19-9-12(16)17-6-18-13(9)20;2-1-3/h6-8,10-11,14,21-22H,2-5,15H2,1H3,(H2,16,17,18);/q+1;. The fourth-order valence-corrected chi connectivity index (χ4v) is 4.51. The maximum absolute atomic E-state index is 10.4. The van der Waals surface area contributed by atoms with Crippen LogP contribution in [0.15, 0.2) is 12.7 Å². The van der Waals surface area contributed by atoms with Crippen molar-refractivity contribution in [2.24, 2.45) is 5.73 Å². The number of nitrogen functional groups attached to an aromatic ring is 1. The second-order valence-electron chi connectivity index (χ2n) is 6.01. The van der Waals surface area contributed by atoms with E-state index in [1.54, 1.807) is 4.57 Å². The third-order valence-corrected chi connectivity index (χ3v) is 6.03. The molecule has 1 fully saturated rings. The van der Waals surface area contributed by atoms with Gasteiger partial charge in [0.25, 0.3) is 0 Å². The molecule has 6 N–H and O–H groups in total. The number of ether oxygens (including phenoxy) is 1. The number of aromatic nitrogens is 4. The van der Waals surface area contributed by atoms with Crippen molar-refractivity contribution in [3.05, 3.63) is 12.7 Å². The van der Waals surface area contributed by atoms with Crippen LogP contribution in [0.3, 0.4) is 0 Å². The van der Waals surface area contributed by atoms with Gasteiger partial charge in [-0.2, -0.15) is 9.59 Å². The van der Waals surface area contributed by atoms with Gasteiger partial charge in [0, 0.05) is 6.42 Å². The van der Waals surface area contributed by atoms with Crippen LogP contribution in [0.5, 0.6) is 0 Å². The first kappa shape index (κ1) is 21.2. The number of aliphatic hydroxyl groups excluding tert-OH is 2. The fourth-order valence-electron chi connectivity index (χ4n) is 2.85. The highest BCUT2D eigenvalue weighted by Crippen LogP contribution is 2.32. The molecule has 5 unspecified atom stereocenters. The van der Waals surface area contributed by atoms with Crippen molar-refractivity contribution in [1.29, 1.82) is 0 Å². The molecule has 2 aromatic rings. The zero-order valence-electron chi connectivity index (χ0n) is 14.8. The molecule has 0 radical (unpaired) electrons. The molecule has 27 heavy (non-hydrogen) atoms. The minimum absolute atomic E-state index is 0.0655. The number of carbonyl (C=O) groups excluding carboxylic acids is 2. The topological polar surface area (TPSA) is 179 Å². The molecule has 12 heteroatoms. The highest BCUT2D eigenvalue weighted by Gasteiger charge is 2.46. The summed E-state index contributed by atoms with van der Waals surface area (Å²) < 4.78 is 7.52. The van der Waals surface area contributed by atoms with Crippen LogP contribution in [0, 0.1) is 0 Å². The van der Waals surface area contributed by atoms with Gasteiger partial charge in [-0.1, -0.05) is 0 Å².